The second-order valence-corrected chi connectivity index (χ2v) is 14.6. The average Bonchev–Trinajstić information content (AvgIpc) is 3.59. The quantitative estimate of drug-likeness (QED) is 0.119. The van der Waals surface area contributed by atoms with Gasteiger partial charge in [-0.1, -0.05) is 32.2 Å². The molecule has 44 heavy (non-hydrogen) atoms. The van der Waals surface area contributed by atoms with E-state index in [1.165, 1.54) is 12.1 Å². The highest BCUT2D eigenvalue weighted by molar-refractivity contribution is 8.25. The Balaban J connectivity index is 1.36. The Morgan fingerprint density at radius 1 is 0.932 bits per heavy atom. The number of allylic oxidation sites excluding steroid dienone is 1. The number of fused-ring (bicyclic) bond motifs is 2. The molecular weight excluding hydrogens is 571 g/mol. The molecule has 0 fully saturated rings. The lowest BCUT2D eigenvalue weighted by Gasteiger charge is -2.12. The third-order valence-corrected chi connectivity index (χ3v) is 7.99. The van der Waals surface area contributed by atoms with Gasteiger partial charge in [-0.15, -0.1) is 0 Å². The largest absolute Gasteiger partial charge is 0.358 e. The van der Waals surface area contributed by atoms with Gasteiger partial charge in [0.15, 0.2) is 0 Å². The number of nitrogens with one attached hydrogen (secondary N) is 4. The molecule has 6 aromatic rings. The zero-order valence-electron chi connectivity index (χ0n) is 25.0. The van der Waals surface area contributed by atoms with Gasteiger partial charge < -0.3 is 10.3 Å². The maximum Gasteiger partial charge on any atom is 0.124 e. The lowest BCUT2D eigenvalue weighted by atomic mass is 10.0. The highest BCUT2D eigenvalue weighted by atomic mass is 32.2. The van der Waals surface area contributed by atoms with E-state index in [0.717, 1.165) is 78.9 Å². The molecule has 0 atom stereocenters. The van der Waals surface area contributed by atoms with Crippen LogP contribution in [0.5, 0.6) is 0 Å². The molecule has 6 rings (SSSR count). The van der Waals surface area contributed by atoms with E-state index in [4.69, 9.17) is 0 Å². The molecule has 0 aliphatic carbocycles. The molecular formula is C34H35FN8S. The first-order chi connectivity index (χ1) is 21.0. The predicted octanol–water partition coefficient (Wildman–Crippen LogP) is 7.64. The summed E-state index contributed by atoms with van der Waals surface area (Å²) >= 11 is 0. The van der Waals surface area contributed by atoms with Crippen LogP contribution < -0.4 is 10.0 Å². The molecule has 0 unspecified atom stereocenters. The number of H-pyrrole nitrogens is 2. The summed E-state index contributed by atoms with van der Waals surface area (Å²) in [5.41, 5.74) is 9.01. The summed E-state index contributed by atoms with van der Waals surface area (Å²) in [5.74, 6) is 8.30. The van der Waals surface area contributed by atoms with E-state index >= 15 is 0 Å². The van der Waals surface area contributed by atoms with Crippen molar-refractivity contribution in [3.05, 3.63) is 91.0 Å². The number of hydrogen-bond donors (Lipinski definition) is 4. The number of aromatic amines is 2. The Hall–Kier alpha value is -4.80. The molecule has 0 radical (unpaired) electrons. The van der Waals surface area contributed by atoms with Gasteiger partial charge in [-0.25, -0.2) is 4.39 Å². The Bertz CT molecular complexity index is 2120. The lowest BCUT2D eigenvalue weighted by molar-refractivity contribution is 0.625. The topological polar surface area (TPSA) is 107 Å². The summed E-state index contributed by atoms with van der Waals surface area (Å²) in [5, 5.41) is 12.9. The monoisotopic (exact) mass is 606 g/mol. The van der Waals surface area contributed by atoms with Crippen LogP contribution >= 0.6 is 9.39 Å². The van der Waals surface area contributed by atoms with E-state index in [9.17, 15) is 4.39 Å². The Kier molecular flexibility index (Phi) is 7.79. The summed E-state index contributed by atoms with van der Waals surface area (Å²) in [6, 6.07) is 11.1. The highest BCUT2D eigenvalue weighted by Crippen LogP contribution is 2.35. The minimum absolute atomic E-state index is 0.312. The van der Waals surface area contributed by atoms with Crippen LogP contribution in [0.15, 0.2) is 79.7 Å². The smallest absolute Gasteiger partial charge is 0.124 e. The highest BCUT2D eigenvalue weighted by Gasteiger charge is 2.16. The number of aromatic nitrogens is 6. The van der Waals surface area contributed by atoms with E-state index in [0.29, 0.717) is 12.5 Å². The number of halogens is 1. The predicted molar refractivity (Wildman–Crippen MR) is 184 cm³/mol. The molecule has 0 spiro atoms. The molecule has 0 aliphatic rings. The second-order valence-electron chi connectivity index (χ2n) is 11.8. The van der Waals surface area contributed by atoms with Crippen LogP contribution in [0.1, 0.15) is 25.8 Å². The Labute approximate surface area is 256 Å². The molecule has 10 heteroatoms. The summed E-state index contributed by atoms with van der Waals surface area (Å²) in [6.07, 6.45) is 11.7. The second kappa shape index (κ2) is 11.7. The SMILES string of the molecule is C=C(CC(C)C)Nc1cncc(-c2cc3c(-c4cc5c(-c6cc(F)cc(CNS(=C)(=C)C)c6)cncc5[nH]4)n[nH]c3cn2)c1. The van der Waals surface area contributed by atoms with E-state index in [1.807, 2.05) is 30.5 Å². The van der Waals surface area contributed by atoms with E-state index in [2.05, 4.69) is 72.3 Å². The fraction of sp³-hybridized carbons (Fsp3) is 0.176. The van der Waals surface area contributed by atoms with Crippen molar-refractivity contribution in [1.29, 1.82) is 0 Å². The lowest BCUT2D eigenvalue weighted by Crippen LogP contribution is -2.08. The Morgan fingerprint density at radius 2 is 1.75 bits per heavy atom. The first-order valence-corrected chi connectivity index (χ1v) is 16.6. The van der Waals surface area contributed by atoms with Crippen LogP contribution in [-0.2, 0) is 6.54 Å². The first-order valence-electron chi connectivity index (χ1n) is 14.2. The van der Waals surface area contributed by atoms with Crippen LogP contribution in [0.25, 0.3) is 55.6 Å². The van der Waals surface area contributed by atoms with Crippen LogP contribution in [0.4, 0.5) is 10.1 Å². The first kappa shape index (κ1) is 29.3. The van der Waals surface area contributed by atoms with Crippen LogP contribution in [0.2, 0.25) is 0 Å². The summed E-state index contributed by atoms with van der Waals surface area (Å²) in [7, 11) is -1.43. The van der Waals surface area contributed by atoms with Crippen molar-refractivity contribution in [3.8, 4) is 33.8 Å². The van der Waals surface area contributed by atoms with Crippen molar-refractivity contribution in [2.24, 2.45) is 5.92 Å². The fourth-order valence-corrected chi connectivity index (χ4v) is 5.77. The Morgan fingerprint density at radius 3 is 2.55 bits per heavy atom. The van der Waals surface area contributed by atoms with Gasteiger partial charge in [0, 0.05) is 46.5 Å². The van der Waals surface area contributed by atoms with Crippen LogP contribution in [0.3, 0.4) is 0 Å². The standard InChI is InChI=1S/C34H35FN8S/c1-20(2)7-21(3)40-26-11-24(15-36-16-26)30-13-28-33(19-38-30)42-43-34(28)31-12-27-29(17-37-18-32(27)41-31)23-8-22(9-25(35)10-23)14-39-44(4,5)6/h8-13,15-20,39-41H,3-5,7,14H2,1-2,6H3,(H,42,43). The number of pyridine rings is 3. The maximum absolute atomic E-state index is 14.7. The van der Waals surface area contributed by atoms with Gasteiger partial charge in [0.25, 0.3) is 0 Å². The molecule has 1 aromatic carbocycles. The molecule has 0 aliphatic heterocycles. The van der Waals surface area contributed by atoms with Gasteiger partial charge >= 0.3 is 0 Å². The molecule has 8 nitrogen and oxygen atoms in total. The fourth-order valence-electron chi connectivity index (χ4n) is 5.25. The maximum atomic E-state index is 14.7. The third-order valence-electron chi connectivity index (χ3n) is 7.15. The van der Waals surface area contributed by atoms with E-state index < -0.39 is 9.39 Å². The molecule has 5 aromatic heterocycles. The number of anilines is 1. The van der Waals surface area contributed by atoms with E-state index in [-0.39, 0.29) is 5.82 Å². The van der Waals surface area contributed by atoms with Gasteiger partial charge in [-0.2, -0.15) is 14.5 Å². The molecule has 224 valence electrons. The molecule has 0 amide bonds. The zero-order valence-corrected chi connectivity index (χ0v) is 25.9. The third kappa shape index (κ3) is 6.41. The molecule has 0 saturated heterocycles. The van der Waals surface area contributed by atoms with Crippen molar-refractivity contribution < 1.29 is 4.39 Å². The van der Waals surface area contributed by atoms with Crippen molar-refractivity contribution in [2.45, 2.75) is 26.8 Å². The summed E-state index contributed by atoms with van der Waals surface area (Å²) in [4.78, 5) is 17.0. The number of nitrogens with zero attached hydrogens (tertiary/aromatic N) is 4. The molecule has 0 bridgehead atoms. The summed E-state index contributed by atoms with van der Waals surface area (Å²) < 4.78 is 18.0. The van der Waals surface area contributed by atoms with Gasteiger partial charge in [0.05, 0.1) is 46.7 Å². The van der Waals surface area contributed by atoms with Gasteiger partial charge in [-0.05, 0) is 66.1 Å². The molecule has 4 N–H and O–H groups in total. The minimum atomic E-state index is -1.43. The van der Waals surface area contributed by atoms with Gasteiger partial charge in [0.2, 0.25) is 0 Å². The summed E-state index contributed by atoms with van der Waals surface area (Å²) in [6.45, 7) is 8.94. The average molecular weight is 607 g/mol. The van der Waals surface area contributed by atoms with Gasteiger partial charge in [-0.3, -0.25) is 24.8 Å². The number of hydrogen-bond acceptors (Lipinski definition) is 6. The zero-order chi connectivity index (χ0) is 31.0. The van der Waals surface area contributed by atoms with Crippen LogP contribution in [0, 0.1) is 11.7 Å². The van der Waals surface area contributed by atoms with Gasteiger partial charge in [0.1, 0.15) is 11.5 Å². The molecule has 0 saturated carbocycles. The minimum Gasteiger partial charge on any atom is -0.358 e. The van der Waals surface area contributed by atoms with Crippen molar-refractivity contribution in [3.63, 3.8) is 0 Å². The van der Waals surface area contributed by atoms with Crippen LogP contribution in [-0.4, -0.2) is 48.1 Å². The van der Waals surface area contributed by atoms with Crippen molar-refractivity contribution >= 4 is 48.6 Å². The number of rotatable bonds is 10. The molecule has 5 heterocycles. The van der Waals surface area contributed by atoms with E-state index in [1.54, 1.807) is 31.0 Å². The van der Waals surface area contributed by atoms with Crippen molar-refractivity contribution in [2.75, 3.05) is 11.6 Å². The van der Waals surface area contributed by atoms with Crippen molar-refractivity contribution in [1.82, 2.24) is 34.9 Å². The number of benzene rings is 1. The normalized spacial score (nSPS) is 11.9.